The number of hydrogen-bond acceptors (Lipinski definition) is 3. The number of amides is 1. The topological polar surface area (TPSA) is 68.3 Å². The molecule has 4 nitrogen and oxygen atoms in total. The van der Waals surface area contributed by atoms with E-state index < -0.39 is 5.54 Å². The maximum Gasteiger partial charge on any atom is 0.287 e. The van der Waals surface area contributed by atoms with Crippen molar-refractivity contribution in [1.29, 1.82) is 0 Å². The normalized spacial score (nSPS) is 11.0. The van der Waals surface area contributed by atoms with Crippen molar-refractivity contribution in [2.75, 3.05) is 6.54 Å². The number of rotatable bonds is 6. The molecule has 0 aliphatic heterocycles. The smallest absolute Gasteiger partial charge is 0.287 e. The van der Waals surface area contributed by atoms with Gasteiger partial charge in [0.2, 0.25) is 0 Å². The van der Waals surface area contributed by atoms with Crippen molar-refractivity contribution in [2.24, 2.45) is 5.73 Å². The molecule has 0 spiro atoms. The number of carbonyl (C=O) groups excluding carboxylic acids is 1. The van der Waals surface area contributed by atoms with Gasteiger partial charge in [-0.2, -0.15) is 0 Å². The molecule has 126 valence electrons. The zero-order valence-electron chi connectivity index (χ0n) is 13.3. The van der Waals surface area contributed by atoms with E-state index >= 15 is 0 Å². The summed E-state index contributed by atoms with van der Waals surface area (Å²) in [4.78, 5) is 12.4. The monoisotopic (exact) mass is 356 g/mol. The molecule has 2 aromatic rings. The highest BCUT2D eigenvalue weighted by Gasteiger charge is 2.28. The van der Waals surface area contributed by atoms with E-state index in [0.29, 0.717) is 17.3 Å². The number of halogens is 2. The number of benzene rings is 1. The van der Waals surface area contributed by atoms with Crippen LogP contribution in [0.15, 0.2) is 40.8 Å². The summed E-state index contributed by atoms with van der Waals surface area (Å²) in [6.45, 7) is 4.41. The molecule has 0 aliphatic carbocycles. The highest BCUT2D eigenvalue weighted by molar-refractivity contribution is 6.33. The van der Waals surface area contributed by atoms with E-state index in [1.54, 1.807) is 18.2 Å². The van der Waals surface area contributed by atoms with Crippen molar-refractivity contribution < 1.29 is 9.21 Å². The lowest BCUT2D eigenvalue weighted by atomic mass is 9.93. The van der Waals surface area contributed by atoms with Gasteiger partial charge in [-0.05, 0) is 37.1 Å². The lowest BCUT2D eigenvalue weighted by Gasteiger charge is -2.30. The van der Waals surface area contributed by atoms with Crippen LogP contribution in [-0.2, 0) is 0 Å². The molecule has 1 amide bonds. The maximum absolute atomic E-state index is 12.4. The molecule has 0 radical (unpaired) electrons. The molecule has 6 heteroatoms. The second-order valence-corrected chi connectivity index (χ2v) is 5.70. The summed E-state index contributed by atoms with van der Waals surface area (Å²) >= 11 is 6.14. The lowest BCUT2D eigenvalue weighted by molar-refractivity contribution is 0.0867. The zero-order valence-corrected chi connectivity index (χ0v) is 14.8. The first kappa shape index (κ1) is 19.6. The molecule has 2 rings (SSSR count). The molecule has 0 aliphatic rings. The molecule has 0 bridgehead atoms. The minimum atomic E-state index is -0.394. The predicted molar refractivity (Wildman–Crippen MR) is 96.2 cm³/mol. The Labute approximate surface area is 147 Å². The Bertz CT molecular complexity index is 643. The Hall–Kier alpha value is -1.49. The van der Waals surface area contributed by atoms with Gasteiger partial charge in [0, 0.05) is 12.1 Å². The van der Waals surface area contributed by atoms with Gasteiger partial charge in [-0.15, -0.1) is 12.4 Å². The molecule has 0 unspecified atom stereocenters. The molecule has 23 heavy (non-hydrogen) atoms. The highest BCUT2D eigenvalue weighted by Crippen LogP contribution is 2.29. The third kappa shape index (κ3) is 4.28. The molecule has 3 N–H and O–H groups in total. The quantitative estimate of drug-likeness (QED) is 0.811. The average molecular weight is 357 g/mol. The Morgan fingerprint density at radius 2 is 1.87 bits per heavy atom. The lowest BCUT2D eigenvalue weighted by Crippen LogP contribution is -2.52. The van der Waals surface area contributed by atoms with Gasteiger partial charge in [-0.3, -0.25) is 4.79 Å². The summed E-state index contributed by atoms with van der Waals surface area (Å²) < 4.78 is 5.65. The van der Waals surface area contributed by atoms with Crippen molar-refractivity contribution in [2.45, 2.75) is 32.2 Å². The van der Waals surface area contributed by atoms with E-state index in [-0.39, 0.29) is 24.1 Å². The van der Waals surface area contributed by atoms with Crippen molar-refractivity contribution in [3.63, 3.8) is 0 Å². The van der Waals surface area contributed by atoms with E-state index in [1.807, 2.05) is 32.0 Å². The molecule has 1 aromatic heterocycles. The largest absolute Gasteiger partial charge is 0.451 e. The van der Waals surface area contributed by atoms with Crippen LogP contribution in [0.1, 0.15) is 37.2 Å². The minimum absolute atomic E-state index is 0. The Morgan fingerprint density at radius 1 is 1.22 bits per heavy atom. The predicted octanol–water partition coefficient (Wildman–Crippen LogP) is 4.27. The summed E-state index contributed by atoms with van der Waals surface area (Å²) in [5.41, 5.74) is 6.18. The SMILES string of the molecule is CCC(CC)(CN)NC(=O)c1ccc(-c2ccccc2Cl)o1.Cl. The Balaban J connectivity index is 0.00000264. The van der Waals surface area contributed by atoms with E-state index in [2.05, 4.69) is 5.32 Å². The second kappa shape index (κ2) is 8.39. The van der Waals surface area contributed by atoms with Gasteiger partial charge in [0.05, 0.1) is 10.6 Å². The van der Waals surface area contributed by atoms with Crippen LogP contribution in [0.4, 0.5) is 0 Å². The van der Waals surface area contributed by atoms with E-state index in [4.69, 9.17) is 21.8 Å². The molecule has 1 heterocycles. The van der Waals surface area contributed by atoms with Gasteiger partial charge in [0.25, 0.3) is 5.91 Å². The summed E-state index contributed by atoms with van der Waals surface area (Å²) in [5.74, 6) is 0.573. The third-order valence-corrected chi connectivity index (χ3v) is 4.42. The summed E-state index contributed by atoms with van der Waals surface area (Å²) in [5, 5.41) is 3.57. The fourth-order valence-corrected chi connectivity index (χ4v) is 2.56. The fraction of sp³-hybridized carbons (Fsp3) is 0.353. The number of carbonyl (C=O) groups is 1. The van der Waals surface area contributed by atoms with Gasteiger partial charge in [-0.25, -0.2) is 0 Å². The molecule has 0 atom stereocenters. The van der Waals surface area contributed by atoms with Gasteiger partial charge < -0.3 is 15.5 Å². The number of furan rings is 1. The van der Waals surface area contributed by atoms with Crippen LogP contribution in [-0.4, -0.2) is 18.0 Å². The van der Waals surface area contributed by atoms with Gasteiger partial charge in [-0.1, -0.05) is 37.6 Å². The number of nitrogens with one attached hydrogen (secondary N) is 1. The van der Waals surface area contributed by atoms with E-state index in [9.17, 15) is 4.79 Å². The van der Waals surface area contributed by atoms with Gasteiger partial charge in [0.15, 0.2) is 5.76 Å². The van der Waals surface area contributed by atoms with Crippen LogP contribution in [0.2, 0.25) is 5.02 Å². The maximum atomic E-state index is 12.4. The van der Waals surface area contributed by atoms with E-state index in [0.717, 1.165) is 18.4 Å². The second-order valence-electron chi connectivity index (χ2n) is 5.29. The third-order valence-electron chi connectivity index (χ3n) is 4.09. The summed E-state index contributed by atoms with van der Waals surface area (Å²) in [7, 11) is 0. The first-order valence-corrected chi connectivity index (χ1v) is 7.80. The van der Waals surface area contributed by atoms with Crippen molar-refractivity contribution >= 4 is 29.9 Å². The van der Waals surface area contributed by atoms with Crippen molar-refractivity contribution in [3.05, 3.63) is 47.2 Å². The van der Waals surface area contributed by atoms with Crippen molar-refractivity contribution in [1.82, 2.24) is 5.32 Å². The standard InChI is InChI=1S/C17H21ClN2O2.ClH/c1-3-17(4-2,11-19)20-16(21)15-10-9-14(22-15)12-7-5-6-8-13(12)18;/h5-10H,3-4,11,19H2,1-2H3,(H,20,21);1H. The zero-order chi connectivity index (χ0) is 16.2. The Morgan fingerprint density at radius 3 is 2.43 bits per heavy atom. The van der Waals surface area contributed by atoms with Gasteiger partial charge in [0.1, 0.15) is 5.76 Å². The number of hydrogen-bond donors (Lipinski definition) is 2. The average Bonchev–Trinajstić information content (AvgIpc) is 3.03. The van der Waals surface area contributed by atoms with Crippen LogP contribution in [0.25, 0.3) is 11.3 Å². The summed E-state index contributed by atoms with van der Waals surface area (Å²) in [6, 6.07) is 10.8. The van der Waals surface area contributed by atoms with Crippen LogP contribution >= 0.6 is 24.0 Å². The van der Waals surface area contributed by atoms with Crippen LogP contribution < -0.4 is 11.1 Å². The first-order chi connectivity index (χ1) is 10.5. The van der Waals surface area contributed by atoms with E-state index in [1.165, 1.54) is 0 Å². The Kier molecular flexibility index (Phi) is 7.13. The molecular formula is C17H22Cl2N2O2. The minimum Gasteiger partial charge on any atom is -0.451 e. The fourth-order valence-electron chi connectivity index (χ4n) is 2.33. The van der Waals surface area contributed by atoms with Crippen LogP contribution in [0, 0.1) is 0 Å². The number of nitrogens with two attached hydrogens (primary N) is 1. The highest BCUT2D eigenvalue weighted by atomic mass is 35.5. The van der Waals surface area contributed by atoms with Crippen LogP contribution in [0.3, 0.4) is 0 Å². The van der Waals surface area contributed by atoms with Gasteiger partial charge >= 0.3 is 0 Å². The van der Waals surface area contributed by atoms with Crippen molar-refractivity contribution in [3.8, 4) is 11.3 Å². The molecule has 0 fully saturated rings. The molecular weight excluding hydrogens is 335 g/mol. The first-order valence-electron chi connectivity index (χ1n) is 7.42. The molecule has 0 saturated carbocycles. The van der Waals surface area contributed by atoms with Crippen LogP contribution in [0.5, 0.6) is 0 Å². The molecule has 1 aromatic carbocycles. The summed E-state index contributed by atoms with van der Waals surface area (Å²) in [6.07, 6.45) is 1.54. The molecule has 0 saturated heterocycles.